The summed E-state index contributed by atoms with van der Waals surface area (Å²) in [5.41, 5.74) is 11.1. The molecule has 0 N–H and O–H groups in total. The molecular weight excluding hydrogens is 951 g/mol. The van der Waals surface area contributed by atoms with Crippen molar-refractivity contribution in [2.75, 3.05) is 7.11 Å². The summed E-state index contributed by atoms with van der Waals surface area (Å²) in [5, 5.41) is 20.0. The van der Waals surface area contributed by atoms with Gasteiger partial charge in [0.15, 0.2) is 0 Å². The van der Waals surface area contributed by atoms with E-state index in [1.165, 1.54) is 6.07 Å². The highest BCUT2D eigenvalue weighted by Crippen LogP contribution is 2.39. The molecule has 0 saturated carbocycles. The smallest absolute Gasteiger partial charge is 0.219 e. The molecule has 0 radical (unpaired) electrons. The largest absolute Gasteiger partial charge is 0.496 e. The number of fused-ring (bicyclic) bond motifs is 6. The molecule has 0 amide bonds. The average Bonchev–Trinajstić information content (AvgIpc) is 4.09. The maximum absolute atomic E-state index is 15.3. The van der Waals surface area contributed by atoms with Gasteiger partial charge in [0.05, 0.1) is 71.6 Å². The fraction of sp³-hybridized carbons (Fsp3) is 0.0508. The maximum atomic E-state index is 15.3. The summed E-state index contributed by atoms with van der Waals surface area (Å²) in [7, 11) is 1.65. The molecule has 13 nitrogen and oxygen atoms in total. The average molecular weight is 989 g/mol. The number of hydrogen-bond donors (Lipinski definition) is 0. The monoisotopic (exact) mass is 988 g/mol. The number of halogens is 2. The third-order valence-corrected chi connectivity index (χ3v) is 12.6. The Morgan fingerprint density at radius 1 is 0.527 bits per heavy atom. The third kappa shape index (κ3) is 9.35. The molecule has 0 aliphatic heterocycles. The Bertz CT molecular complexity index is 4110. The number of methoxy groups -OCH3 is 1. The van der Waals surface area contributed by atoms with Crippen LogP contribution in [0.4, 0.5) is 4.39 Å². The van der Waals surface area contributed by atoms with Gasteiger partial charge in [0.25, 0.3) is 0 Å². The molecule has 6 aromatic carbocycles. The highest BCUT2D eigenvalue weighted by atomic mass is 35.5. The zero-order chi connectivity index (χ0) is 50.5. The van der Waals surface area contributed by atoms with Crippen molar-refractivity contribution in [1.29, 1.82) is 10.5 Å². The molecule has 0 atom stereocenters. The van der Waals surface area contributed by atoms with E-state index in [9.17, 15) is 0 Å². The van der Waals surface area contributed by atoms with Crippen LogP contribution in [0.15, 0.2) is 189 Å². The quantitative estimate of drug-likeness (QED) is 0.121. The highest BCUT2D eigenvalue weighted by molar-refractivity contribution is 6.33. The number of rotatable bonds is 11. The molecule has 12 aromatic rings. The van der Waals surface area contributed by atoms with Gasteiger partial charge < -0.3 is 14.2 Å². The molecule has 6 heterocycles. The van der Waals surface area contributed by atoms with Crippen LogP contribution in [0.1, 0.15) is 11.1 Å². The van der Waals surface area contributed by atoms with Crippen molar-refractivity contribution >= 4 is 55.5 Å². The molecule has 12 rings (SSSR count). The van der Waals surface area contributed by atoms with E-state index in [2.05, 4.69) is 52.7 Å². The lowest BCUT2D eigenvalue weighted by molar-refractivity contribution is 0.409. The summed E-state index contributed by atoms with van der Waals surface area (Å²) in [6.07, 6.45) is 11.0. The molecule has 0 spiro atoms. The summed E-state index contributed by atoms with van der Waals surface area (Å²) in [6.45, 7) is 0. The molecule has 15 heteroatoms. The van der Waals surface area contributed by atoms with Crippen molar-refractivity contribution in [3.05, 3.63) is 211 Å². The molecule has 0 fully saturated rings. The number of aromatic nitrogens is 8. The van der Waals surface area contributed by atoms with Crippen LogP contribution in [0.25, 0.3) is 77.5 Å². The van der Waals surface area contributed by atoms with Crippen LogP contribution in [0, 0.1) is 28.5 Å². The number of benzene rings is 6. The highest BCUT2D eigenvalue weighted by Gasteiger charge is 2.18. The standard InChI is InChI=1S/C30H21N5O2.C29H17ClFN5O/c1-36-28-17-23(37-29-4-2-3-15-32-29)10-11-24(28)21-7-12-26-25(16-21)30-27(18-33-26)34-19-35(30)22-8-5-20(6-9-22)13-14-31;30-24-13-20(37-28-3-1-2-12-33-28)8-9-21(24)22-14-23-26(15-25(22)31)34-16-27-29(23)36(17-35-27)19-6-4-18(5-7-19)10-11-32/h2-12,15-19H,13H2,1H3;1-9,12-17H,10H2. The Morgan fingerprint density at radius 2 is 1.08 bits per heavy atom. The predicted octanol–water partition coefficient (Wildman–Crippen LogP) is 13.8. The van der Waals surface area contributed by atoms with Gasteiger partial charge in [0, 0.05) is 81.6 Å². The number of pyridine rings is 4. The first-order valence-electron chi connectivity index (χ1n) is 23.1. The minimum absolute atomic E-state index is 0.340. The van der Waals surface area contributed by atoms with E-state index in [4.69, 9.17) is 36.3 Å². The van der Waals surface area contributed by atoms with Crippen LogP contribution in [-0.2, 0) is 12.8 Å². The number of nitrogens with zero attached hydrogens (tertiary/aromatic N) is 10. The van der Waals surface area contributed by atoms with Crippen LogP contribution < -0.4 is 14.2 Å². The molecule has 0 aliphatic rings. The first-order valence-corrected chi connectivity index (χ1v) is 23.5. The van der Waals surface area contributed by atoms with Crippen LogP contribution in [0.2, 0.25) is 5.02 Å². The van der Waals surface area contributed by atoms with E-state index in [1.807, 2.05) is 114 Å². The Kier molecular flexibility index (Phi) is 12.8. The van der Waals surface area contributed by atoms with Gasteiger partial charge >= 0.3 is 0 Å². The summed E-state index contributed by atoms with van der Waals surface area (Å²) in [5.74, 6) is 2.34. The number of hydrogen-bond acceptors (Lipinski definition) is 11. The minimum atomic E-state index is -0.438. The van der Waals surface area contributed by atoms with Crippen LogP contribution in [0.3, 0.4) is 0 Å². The van der Waals surface area contributed by atoms with Gasteiger partial charge in [0.1, 0.15) is 46.8 Å². The van der Waals surface area contributed by atoms with E-state index < -0.39 is 5.82 Å². The lowest BCUT2D eigenvalue weighted by atomic mass is 10.0. The molecule has 0 unspecified atom stereocenters. The molecule has 356 valence electrons. The van der Waals surface area contributed by atoms with Crippen molar-refractivity contribution < 1.29 is 18.6 Å². The summed E-state index contributed by atoms with van der Waals surface area (Å²) >= 11 is 6.59. The van der Waals surface area contributed by atoms with Crippen LogP contribution >= 0.6 is 11.6 Å². The van der Waals surface area contributed by atoms with Crippen LogP contribution in [0.5, 0.6) is 29.0 Å². The number of ether oxygens (including phenoxy) is 3. The fourth-order valence-electron chi connectivity index (χ4n) is 8.71. The van der Waals surface area contributed by atoms with Crippen molar-refractivity contribution in [1.82, 2.24) is 39.0 Å². The first-order chi connectivity index (χ1) is 36.3. The van der Waals surface area contributed by atoms with Gasteiger partial charge in [0.2, 0.25) is 11.8 Å². The van der Waals surface area contributed by atoms with Crippen molar-refractivity contribution in [2.45, 2.75) is 12.8 Å². The van der Waals surface area contributed by atoms with Gasteiger partial charge in [-0.25, -0.2) is 24.3 Å². The second-order valence-corrected chi connectivity index (χ2v) is 17.2. The Balaban J connectivity index is 0.000000159. The van der Waals surface area contributed by atoms with Crippen molar-refractivity contribution in [3.63, 3.8) is 0 Å². The van der Waals surface area contributed by atoms with E-state index in [0.29, 0.717) is 69.0 Å². The SMILES string of the molecule is COc1cc(Oc2ccccn2)ccc1-c1ccc2ncc3ncn(-c4ccc(CC#N)cc4)c3c2c1.N#CCc1ccc(-n2cnc3cnc4cc(F)c(-c5ccc(Oc6ccccn6)cc5Cl)cc4c32)cc1. The van der Waals surface area contributed by atoms with E-state index in [-0.39, 0.29) is 0 Å². The zero-order valence-corrected chi connectivity index (χ0v) is 40.0. The molecule has 0 saturated heterocycles. The second kappa shape index (κ2) is 20.4. The Morgan fingerprint density at radius 3 is 1.62 bits per heavy atom. The topological polar surface area (TPSA) is 162 Å². The summed E-state index contributed by atoms with van der Waals surface area (Å²) < 4.78 is 36.7. The maximum Gasteiger partial charge on any atom is 0.219 e. The van der Waals surface area contributed by atoms with E-state index in [0.717, 1.165) is 66.5 Å². The fourth-order valence-corrected chi connectivity index (χ4v) is 8.98. The Hall–Kier alpha value is -10.0. The summed E-state index contributed by atoms with van der Waals surface area (Å²) in [6, 6.07) is 51.0. The van der Waals surface area contributed by atoms with Gasteiger partial charge in [-0.1, -0.05) is 54.1 Å². The van der Waals surface area contributed by atoms with Crippen molar-refractivity contribution in [3.8, 4) is 74.8 Å². The number of imidazole rings is 2. The Labute approximate surface area is 427 Å². The molecule has 0 aliphatic carbocycles. The van der Waals surface area contributed by atoms with E-state index in [1.54, 1.807) is 74.6 Å². The predicted molar refractivity (Wildman–Crippen MR) is 282 cm³/mol. The molecule has 0 bridgehead atoms. The normalized spacial score (nSPS) is 11.0. The molecular formula is C59H38ClFN10O3. The van der Waals surface area contributed by atoms with Gasteiger partial charge in [-0.2, -0.15) is 10.5 Å². The molecule has 6 aromatic heterocycles. The number of nitriles is 2. The van der Waals surface area contributed by atoms with Gasteiger partial charge in [-0.05, 0) is 95.6 Å². The lowest BCUT2D eigenvalue weighted by Gasteiger charge is -2.13. The van der Waals surface area contributed by atoms with Crippen molar-refractivity contribution in [2.24, 2.45) is 0 Å². The van der Waals surface area contributed by atoms with Gasteiger partial charge in [-0.3, -0.25) is 19.1 Å². The van der Waals surface area contributed by atoms with Crippen LogP contribution in [-0.4, -0.2) is 46.1 Å². The lowest BCUT2D eigenvalue weighted by Crippen LogP contribution is -1.95. The molecule has 74 heavy (non-hydrogen) atoms. The van der Waals surface area contributed by atoms with Gasteiger partial charge in [-0.15, -0.1) is 0 Å². The second-order valence-electron chi connectivity index (χ2n) is 16.8. The zero-order valence-electron chi connectivity index (χ0n) is 39.3. The minimum Gasteiger partial charge on any atom is -0.496 e. The summed E-state index contributed by atoms with van der Waals surface area (Å²) in [4.78, 5) is 26.5. The third-order valence-electron chi connectivity index (χ3n) is 12.3. The van der Waals surface area contributed by atoms with E-state index >= 15 is 4.39 Å². The first kappa shape index (κ1) is 46.4.